The lowest BCUT2D eigenvalue weighted by atomic mass is 10.1. The minimum absolute atomic E-state index is 0. The third kappa shape index (κ3) is 6.23. The summed E-state index contributed by atoms with van der Waals surface area (Å²) in [6.45, 7) is 6.29. The molecule has 0 amide bonds. The van der Waals surface area contributed by atoms with Gasteiger partial charge in [0.15, 0.2) is 17.5 Å². The van der Waals surface area contributed by atoms with Crippen LogP contribution >= 0.6 is 24.0 Å². The quantitative estimate of drug-likeness (QED) is 0.344. The van der Waals surface area contributed by atoms with Crippen molar-refractivity contribution in [3.8, 4) is 11.5 Å². The summed E-state index contributed by atoms with van der Waals surface area (Å²) in [7, 11) is 1.78. The van der Waals surface area contributed by atoms with E-state index in [9.17, 15) is 0 Å². The Bertz CT molecular complexity index is 856. The predicted molar refractivity (Wildman–Crippen MR) is 128 cm³/mol. The highest BCUT2D eigenvalue weighted by atomic mass is 127. The molecule has 7 nitrogen and oxygen atoms in total. The van der Waals surface area contributed by atoms with Crippen molar-refractivity contribution in [2.45, 2.75) is 19.6 Å². The first-order valence-electron chi connectivity index (χ1n) is 10.0. The molecule has 2 aliphatic rings. The van der Waals surface area contributed by atoms with Crippen LogP contribution in [0, 0.1) is 0 Å². The monoisotopic (exact) mass is 524 g/mol. The maximum atomic E-state index is 5.44. The summed E-state index contributed by atoms with van der Waals surface area (Å²) >= 11 is 0. The first-order chi connectivity index (χ1) is 14.3. The van der Waals surface area contributed by atoms with Crippen molar-refractivity contribution in [1.82, 2.24) is 15.5 Å². The fraction of sp³-hybridized carbons (Fsp3) is 0.409. The Morgan fingerprint density at radius 3 is 2.40 bits per heavy atom. The average molecular weight is 524 g/mol. The van der Waals surface area contributed by atoms with Crippen LogP contribution in [0.3, 0.4) is 0 Å². The summed E-state index contributed by atoms with van der Waals surface area (Å²) in [5, 5.41) is 6.74. The number of halogens is 1. The summed E-state index contributed by atoms with van der Waals surface area (Å²) in [6, 6.07) is 14.7. The number of guanidine groups is 1. The molecule has 0 aromatic heterocycles. The molecule has 0 unspecified atom stereocenters. The second-order valence-corrected chi connectivity index (χ2v) is 7.18. The van der Waals surface area contributed by atoms with Gasteiger partial charge in [0.05, 0.1) is 13.2 Å². The van der Waals surface area contributed by atoms with Gasteiger partial charge in [-0.1, -0.05) is 30.3 Å². The van der Waals surface area contributed by atoms with Crippen LogP contribution in [0.4, 0.5) is 0 Å². The number of morpholine rings is 1. The molecule has 0 atom stereocenters. The van der Waals surface area contributed by atoms with Gasteiger partial charge in [-0.3, -0.25) is 9.89 Å². The molecule has 2 aromatic rings. The molecule has 0 spiro atoms. The topological polar surface area (TPSA) is 67.4 Å². The molecule has 2 N–H and O–H groups in total. The lowest BCUT2D eigenvalue weighted by Crippen LogP contribution is -2.36. The zero-order valence-electron chi connectivity index (χ0n) is 17.2. The van der Waals surface area contributed by atoms with Gasteiger partial charge in [-0.05, 0) is 28.8 Å². The summed E-state index contributed by atoms with van der Waals surface area (Å²) in [5.41, 5.74) is 3.68. The van der Waals surface area contributed by atoms with Gasteiger partial charge in [0.2, 0.25) is 6.79 Å². The fourth-order valence-corrected chi connectivity index (χ4v) is 3.50. The van der Waals surface area contributed by atoms with Crippen LogP contribution in [-0.4, -0.2) is 51.0 Å². The molecule has 0 radical (unpaired) electrons. The van der Waals surface area contributed by atoms with E-state index < -0.39 is 0 Å². The zero-order chi connectivity index (χ0) is 19.9. The lowest BCUT2D eigenvalue weighted by Gasteiger charge is -2.26. The average Bonchev–Trinajstić information content (AvgIpc) is 3.23. The molecular formula is C22H29IN4O3. The van der Waals surface area contributed by atoms with Crippen LogP contribution in [0.5, 0.6) is 11.5 Å². The van der Waals surface area contributed by atoms with Gasteiger partial charge >= 0.3 is 0 Å². The SMILES string of the molecule is CN=C(NCc1cccc(CN2CCOCC2)c1)NCc1ccc2c(c1)OCO2.I. The van der Waals surface area contributed by atoms with Crippen LogP contribution in [-0.2, 0) is 24.4 Å². The summed E-state index contributed by atoms with van der Waals surface area (Å²) in [4.78, 5) is 6.76. The van der Waals surface area contributed by atoms with Crippen LogP contribution < -0.4 is 20.1 Å². The fourth-order valence-electron chi connectivity index (χ4n) is 3.50. The third-order valence-corrected chi connectivity index (χ3v) is 5.08. The van der Waals surface area contributed by atoms with E-state index in [1.54, 1.807) is 7.05 Å². The number of benzene rings is 2. The Morgan fingerprint density at radius 2 is 1.63 bits per heavy atom. The molecule has 162 valence electrons. The zero-order valence-corrected chi connectivity index (χ0v) is 19.6. The van der Waals surface area contributed by atoms with Crippen LogP contribution in [0.2, 0.25) is 0 Å². The Morgan fingerprint density at radius 1 is 0.933 bits per heavy atom. The smallest absolute Gasteiger partial charge is 0.231 e. The van der Waals surface area contributed by atoms with Gasteiger partial charge in [-0.2, -0.15) is 0 Å². The van der Waals surface area contributed by atoms with Crippen molar-refractivity contribution < 1.29 is 14.2 Å². The molecule has 2 aromatic carbocycles. The summed E-state index contributed by atoms with van der Waals surface area (Å²) in [5.74, 6) is 2.36. The predicted octanol–water partition coefficient (Wildman–Crippen LogP) is 2.73. The van der Waals surface area contributed by atoms with Crippen molar-refractivity contribution in [2.75, 3.05) is 40.1 Å². The third-order valence-electron chi connectivity index (χ3n) is 5.08. The van der Waals surface area contributed by atoms with Crippen molar-refractivity contribution in [3.05, 3.63) is 59.2 Å². The van der Waals surface area contributed by atoms with Crippen LogP contribution in [0.15, 0.2) is 47.5 Å². The summed E-state index contributed by atoms with van der Waals surface area (Å²) < 4.78 is 16.2. The molecule has 2 aliphatic heterocycles. The highest BCUT2D eigenvalue weighted by Crippen LogP contribution is 2.32. The highest BCUT2D eigenvalue weighted by Gasteiger charge is 2.13. The first kappa shape index (κ1) is 22.6. The summed E-state index contributed by atoms with van der Waals surface area (Å²) in [6.07, 6.45) is 0. The normalized spacial score (nSPS) is 16.1. The Labute approximate surface area is 194 Å². The van der Waals surface area contributed by atoms with Crippen molar-refractivity contribution in [1.29, 1.82) is 0 Å². The van der Waals surface area contributed by atoms with Crippen molar-refractivity contribution in [3.63, 3.8) is 0 Å². The van der Waals surface area contributed by atoms with Gasteiger partial charge < -0.3 is 24.8 Å². The van der Waals surface area contributed by atoms with Gasteiger partial charge in [-0.25, -0.2) is 0 Å². The van der Waals surface area contributed by atoms with E-state index in [0.717, 1.165) is 62.4 Å². The molecule has 0 aliphatic carbocycles. The Hall–Kier alpha value is -2.04. The number of nitrogens with zero attached hydrogens (tertiary/aromatic N) is 2. The number of hydrogen-bond acceptors (Lipinski definition) is 5. The lowest BCUT2D eigenvalue weighted by molar-refractivity contribution is 0.0342. The number of rotatable bonds is 6. The minimum Gasteiger partial charge on any atom is -0.454 e. The number of fused-ring (bicyclic) bond motifs is 1. The van der Waals surface area contributed by atoms with Crippen LogP contribution in [0.1, 0.15) is 16.7 Å². The van der Waals surface area contributed by atoms with Crippen molar-refractivity contribution in [2.24, 2.45) is 4.99 Å². The molecule has 0 bridgehead atoms. The second-order valence-electron chi connectivity index (χ2n) is 7.18. The van der Waals surface area contributed by atoms with Gasteiger partial charge in [0, 0.05) is 39.8 Å². The maximum absolute atomic E-state index is 5.44. The highest BCUT2D eigenvalue weighted by molar-refractivity contribution is 14.0. The van der Waals surface area contributed by atoms with Gasteiger partial charge in [0.25, 0.3) is 0 Å². The number of ether oxygens (including phenoxy) is 3. The first-order valence-corrected chi connectivity index (χ1v) is 10.0. The Kier molecular flexibility index (Phi) is 8.59. The van der Waals surface area contributed by atoms with E-state index in [0.29, 0.717) is 13.3 Å². The molecular weight excluding hydrogens is 495 g/mol. The van der Waals surface area contributed by atoms with Gasteiger partial charge in [-0.15, -0.1) is 24.0 Å². The molecule has 2 heterocycles. The second kappa shape index (κ2) is 11.4. The number of aliphatic imine (C=N–C) groups is 1. The standard InChI is InChI=1S/C22H28N4O3.HI/c1-23-22(25-14-18-5-6-20-21(12-18)29-16-28-20)24-13-17-3-2-4-19(11-17)15-26-7-9-27-10-8-26;/h2-6,11-12H,7-10,13-16H2,1H3,(H2,23,24,25);1H. The van der Waals surface area contributed by atoms with E-state index in [2.05, 4.69) is 44.8 Å². The molecule has 0 saturated carbocycles. The van der Waals surface area contributed by atoms with Crippen LogP contribution in [0.25, 0.3) is 0 Å². The number of nitrogens with one attached hydrogen (secondary N) is 2. The van der Waals surface area contributed by atoms with E-state index >= 15 is 0 Å². The molecule has 30 heavy (non-hydrogen) atoms. The number of hydrogen-bond donors (Lipinski definition) is 2. The molecule has 8 heteroatoms. The maximum Gasteiger partial charge on any atom is 0.231 e. The van der Waals surface area contributed by atoms with E-state index in [-0.39, 0.29) is 24.0 Å². The largest absolute Gasteiger partial charge is 0.454 e. The van der Waals surface area contributed by atoms with Gasteiger partial charge in [0.1, 0.15) is 0 Å². The molecule has 1 fully saturated rings. The minimum atomic E-state index is 0. The molecule has 4 rings (SSSR count). The van der Waals surface area contributed by atoms with E-state index in [1.807, 2.05) is 18.2 Å². The van der Waals surface area contributed by atoms with Crippen molar-refractivity contribution >= 4 is 29.9 Å². The van der Waals surface area contributed by atoms with E-state index in [4.69, 9.17) is 14.2 Å². The molecule has 1 saturated heterocycles. The van der Waals surface area contributed by atoms with E-state index in [1.165, 1.54) is 11.1 Å². The Balaban J connectivity index is 0.00000256.